The van der Waals surface area contributed by atoms with Gasteiger partial charge < -0.3 is 19.7 Å². The van der Waals surface area contributed by atoms with E-state index in [1.165, 1.54) is 12.8 Å². The van der Waals surface area contributed by atoms with Gasteiger partial charge in [0.2, 0.25) is 0 Å². The van der Waals surface area contributed by atoms with Gasteiger partial charge >= 0.3 is 0 Å². The molecule has 0 aromatic carbocycles. The topological polar surface area (TPSA) is 77.6 Å². The third kappa shape index (κ3) is 5.67. The van der Waals surface area contributed by atoms with Crippen LogP contribution >= 0.6 is 0 Å². The van der Waals surface area contributed by atoms with Crippen molar-refractivity contribution >= 4 is 11.7 Å². The Morgan fingerprint density at radius 2 is 1.77 bits per heavy atom. The summed E-state index contributed by atoms with van der Waals surface area (Å²) in [6.07, 6.45) is 9.43. The third-order valence-corrected chi connectivity index (χ3v) is 10.3. The lowest BCUT2D eigenvalue weighted by molar-refractivity contribution is -0.202. The van der Waals surface area contributed by atoms with E-state index in [2.05, 4.69) is 38.8 Å². The highest BCUT2D eigenvalue weighted by molar-refractivity contribution is 6.20. The van der Waals surface area contributed by atoms with Crippen molar-refractivity contribution in [2.45, 2.75) is 95.2 Å². The van der Waals surface area contributed by atoms with E-state index in [9.17, 15) is 9.59 Å². The lowest BCUT2D eigenvalue weighted by atomic mass is 9.70. The molecule has 6 atom stereocenters. The second-order valence-corrected chi connectivity index (χ2v) is 12.8. The number of nitrogens with one attached hydrogen (secondary N) is 1. The van der Waals surface area contributed by atoms with Crippen molar-refractivity contribution < 1.29 is 19.1 Å². The van der Waals surface area contributed by atoms with Crippen molar-refractivity contribution in [1.82, 2.24) is 24.9 Å². The highest BCUT2D eigenvalue weighted by Gasteiger charge is 2.56. The van der Waals surface area contributed by atoms with Crippen molar-refractivity contribution in [1.29, 1.82) is 0 Å². The van der Waals surface area contributed by atoms with Crippen LogP contribution in [-0.2, 0) is 19.1 Å². The molecule has 2 saturated carbocycles. The van der Waals surface area contributed by atoms with E-state index in [1.807, 2.05) is 6.20 Å². The van der Waals surface area contributed by atoms with E-state index in [4.69, 9.17) is 9.47 Å². The maximum absolute atomic E-state index is 13.8. The Kier molecular flexibility index (Phi) is 8.61. The SMILES string of the molecule is CC(C)N1CCN(C2CCC3C(=O)C(C(=O)NCCCN4CCOCC4)=CN4C5CCCCC5OC2C34)CC1. The van der Waals surface area contributed by atoms with Crippen molar-refractivity contribution in [2.75, 3.05) is 65.6 Å². The van der Waals surface area contributed by atoms with Crippen molar-refractivity contribution in [2.24, 2.45) is 5.92 Å². The van der Waals surface area contributed by atoms with Crippen molar-refractivity contribution in [3.05, 3.63) is 11.8 Å². The molecule has 0 aromatic heterocycles. The van der Waals surface area contributed by atoms with E-state index in [0.29, 0.717) is 24.2 Å². The molecule has 6 unspecified atom stereocenters. The smallest absolute Gasteiger partial charge is 0.256 e. The number of carbonyl (C=O) groups excluding carboxylic acids is 2. The van der Waals surface area contributed by atoms with Crippen LogP contribution in [-0.4, -0.2) is 133 Å². The van der Waals surface area contributed by atoms with Gasteiger partial charge in [-0.15, -0.1) is 0 Å². The quantitative estimate of drug-likeness (QED) is 0.382. The summed E-state index contributed by atoms with van der Waals surface area (Å²) in [5.74, 6) is -0.305. The van der Waals surface area contributed by atoms with E-state index in [1.54, 1.807) is 0 Å². The van der Waals surface area contributed by atoms with Gasteiger partial charge in [0.1, 0.15) is 0 Å². The van der Waals surface area contributed by atoms with Gasteiger partial charge in [-0.25, -0.2) is 0 Å². The molecule has 39 heavy (non-hydrogen) atoms. The number of hydrogen-bond acceptors (Lipinski definition) is 8. The van der Waals surface area contributed by atoms with Crippen molar-refractivity contribution in [3.8, 4) is 0 Å². The maximum atomic E-state index is 13.8. The standard InChI is InChI=1S/C30H49N5O4/c1-21(2)33-12-14-34(15-13-33)25-9-8-22-27-29(25)39-26-7-4-3-6-24(26)35(27)20-23(28(22)36)30(37)31-10-5-11-32-16-18-38-19-17-32/h20-22,24-27,29H,3-19H2,1-2H3,(H,31,37). The first-order valence-corrected chi connectivity index (χ1v) is 15.8. The van der Waals surface area contributed by atoms with Crippen LogP contribution in [0.5, 0.6) is 0 Å². The summed E-state index contributed by atoms with van der Waals surface area (Å²) in [5, 5.41) is 3.08. The number of Topliss-reactive ketones (excluding diaryl/α,β-unsaturated/α-hetero) is 1. The number of hydrogen-bond donors (Lipinski definition) is 1. The number of ketones is 1. The predicted octanol–water partition coefficient (Wildman–Crippen LogP) is 1.48. The van der Waals surface area contributed by atoms with Crippen LogP contribution in [0.1, 0.15) is 58.8 Å². The second-order valence-electron chi connectivity index (χ2n) is 12.8. The molecule has 5 fully saturated rings. The minimum Gasteiger partial charge on any atom is -0.379 e. The van der Waals surface area contributed by atoms with Gasteiger partial charge in [-0.2, -0.15) is 0 Å². The zero-order chi connectivity index (χ0) is 26.9. The van der Waals surface area contributed by atoms with E-state index in [0.717, 1.165) is 91.1 Å². The minimum absolute atomic E-state index is 0.0343. The van der Waals surface area contributed by atoms with Gasteiger partial charge in [0.25, 0.3) is 5.91 Å². The first kappa shape index (κ1) is 27.6. The molecular weight excluding hydrogens is 494 g/mol. The molecule has 9 nitrogen and oxygen atoms in total. The fourth-order valence-electron chi connectivity index (χ4n) is 8.14. The molecule has 6 aliphatic rings. The summed E-state index contributed by atoms with van der Waals surface area (Å²) in [5.41, 5.74) is 0.372. The minimum atomic E-state index is -0.192. The first-order valence-electron chi connectivity index (χ1n) is 15.8. The van der Waals surface area contributed by atoms with Gasteiger partial charge in [-0.05, 0) is 52.5 Å². The molecule has 0 spiro atoms. The van der Waals surface area contributed by atoms with Gasteiger partial charge in [0, 0.05) is 70.0 Å². The Morgan fingerprint density at radius 3 is 2.54 bits per heavy atom. The summed E-state index contributed by atoms with van der Waals surface area (Å²) in [4.78, 5) is 37.2. The van der Waals surface area contributed by atoms with Crippen LogP contribution in [0.15, 0.2) is 11.8 Å². The molecule has 2 aliphatic carbocycles. The Balaban J connectivity index is 1.16. The number of piperazine rings is 1. The fraction of sp³-hybridized carbons (Fsp3) is 0.867. The highest BCUT2D eigenvalue weighted by Crippen LogP contribution is 2.46. The zero-order valence-electron chi connectivity index (χ0n) is 24.1. The third-order valence-electron chi connectivity index (χ3n) is 10.3. The maximum Gasteiger partial charge on any atom is 0.256 e. The van der Waals surface area contributed by atoms with Crippen LogP contribution in [0, 0.1) is 5.92 Å². The largest absolute Gasteiger partial charge is 0.379 e. The van der Waals surface area contributed by atoms with Crippen LogP contribution in [0.4, 0.5) is 0 Å². The summed E-state index contributed by atoms with van der Waals surface area (Å²) < 4.78 is 12.4. The number of rotatable bonds is 7. The molecule has 218 valence electrons. The molecule has 4 heterocycles. The number of ether oxygens (including phenoxy) is 2. The lowest BCUT2D eigenvalue weighted by Gasteiger charge is -2.60. The van der Waals surface area contributed by atoms with Crippen LogP contribution in [0.3, 0.4) is 0 Å². The molecular formula is C30H49N5O4. The zero-order valence-corrected chi connectivity index (χ0v) is 24.1. The number of morpholine rings is 2. The van der Waals surface area contributed by atoms with E-state index >= 15 is 0 Å². The first-order chi connectivity index (χ1) is 19.0. The molecule has 0 aromatic rings. The fourth-order valence-corrected chi connectivity index (χ4v) is 8.14. The summed E-state index contributed by atoms with van der Waals surface area (Å²) in [6.45, 7) is 13.9. The average Bonchev–Trinajstić information content (AvgIpc) is 2.97. The lowest BCUT2D eigenvalue weighted by Crippen LogP contribution is -2.71. The molecule has 9 heteroatoms. The predicted molar refractivity (Wildman–Crippen MR) is 149 cm³/mol. The molecule has 0 bridgehead atoms. The molecule has 1 amide bonds. The molecule has 6 rings (SSSR count). The molecule has 3 saturated heterocycles. The van der Waals surface area contributed by atoms with Gasteiger partial charge in [-0.3, -0.25) is 24.3 Å². The van der Waals surface area contributed by atoms with Crippen molar-refractivity contribution in [3.63, 3.8) is 0 Å². The summed E-state index contributed by atoms with van der Waals surface area (Å²) in [7, 11) is 0. The number of nitrogens with zero attached hydrogens (tertiary/aromatic N) is 4. The summed E-state index contributed by atoms with van der Waals surface area (Å²) in [6, 6.07) is 1.26. The Morgan fingerprint density at radius 1 is 1.00 bits per heavy atom. The van der Waals surface area contributed by atoms with Gasteiger partial charge in [0.05, 0.1) is 43.1 Å². The number of carbonyl (C=O) groups is 2. The monoisotopic (exact) mass is 543 g/mol. The average molecular weight is 544 g/mol. The van der Waals surface area contributed by atoms with Crippen LogP contribution in [0.25, 0.3) is 0 Å². The number of amides is 1. The summed E-state index contributed by atoms with van der Waals surface area (Å²) >= 11 is 0. The molecule has 4 aliphatic heterocycles. The molecule has 0 radical (unpaired) electrons. The van der Waals surface area contributed by atoms with Crippen LogP contribution < -0.4 is 5.32 Å². The Bertz CT molecular complexity index is 913. The normalized spacial score (nSPS) is 36.3. The molecule has 1 N–H and O–H groups in total. The Hall–Kier alpha value is -1.52. The van der Waals surface area contributed by atoms with E-state index in [-0.39, 0.29) is 41.9 Å². The van der Waals surface area contributed by atoms with Crippen LogP contribution in [0.2, 0.25) is 0 Å². The highest BCUT2D eigenvalue weighted by atomic mass is 16.5. The Labute approximate surface area is 234 Å². The van der Waals surface area contributed by atoms with Gasteiger partial charge in [-0.1, -0.05) is 12.8 Å². The van der Waals surface area contributed by atoms with E-state index < -0.39 is 0 Å². The number of fused-ring (bicyclic) bond motifs is 2. The second kappa shape index (κ2) is 12.1. The van der Waals surface area contributed by atoms with Gasteiger partial charge in [0.15, 0.2) is 5.78 Å².